The van der Waals surface area contributed by atoms with Crippen LogP contribution in [0, 0.1) is 5.82 Å². The number of hydrogen-bond acceptors (Lipinski definition) is 2. The minimum absolute atomic E-state index is 0.243. The molecule has 0 unspecified atom stereocenters. The molecule has 0 fully saturated rings. The maximum Gasteiger partial charge on any atom is 0.337 e. The lowest BCUT2D eigenvalue weighted by Gasteiger charge is -2.07. The van der Waals surface area contributed by atoms with Crippen LogP contribution < -0.4 is 0 Å². The Bertz CT molecular complexity index is 621. The molecule has 0 heterocycles. The maximum atomic E-state index is 13.8. The Morgan fingerprint density at radius 2 is 1.74 bits per heavy atom. The standard InChI is InChI=1S/C14H9Cl2FO2/c1-19-14(18)8-2-3-13(17)12(6-8)9-4-10(15)7-11(16)5-9/h2-7H,1H3. The number of rotatable bonds is 2. The van der Waals surface area contributed by atoms with E-state index in [1.807, 2.05) is 0 Å². The van der Waals surface area contributed by atoms with E-state index in [2.05, 4.69) is 4.74 Å². The lowest BCUT2D eigenvalue weighted by molar-refractivity contribution is 0.0600. The third-order valence-electron chi connectivity index (χ3n) is 2.56. The summed E-state index contributed by atoms with van der Waals surface area (Å²) in [7, 11) is 1.27. The monoisotopic (exact) mass is 298 g/mol. The largest absolute Gasteiger partial charge is 0.465 e. The summed E-state index contributed by atoms with van der Waals surface area (Å²) in [6.45, 7) is 0. The molecule has 2 nitrogen and oxygen atoms in total. The molecule has 5 heteroatoms. The van der Waals surface area contributed by atoms with E-state index in [0.29, 0.717) is 15.6 Å². The second-order valence-corrected chi connectivity index (χ2v) is 4.72. The van der Waals surface area contributed by atoms with Crippen molar-refractivity contribution in [2.24, 2.45) is 0 Å². The summed E-state index contributed by atoms with van der Waals surface area (Å²) in [5, 5.41) is 0.788. The Morgan fingerprint density at radius 3 is 2.32 bits per heavy atom. The van der Waals surface area contributed by atoms with Gasteiger partial charge in [0.25, 0.3) is 0 Å². The zero-order chi connectivity index (χ0) is 14.0. The van der Waals surface area contributed by atoms with E-state index < -0.39 is 11.8 Å². The first kappa shape index (κ1) is 13.8. The lowest BCUT2D eigenvalue weighted by Crippen LogP contribution is -2.01. The van der Waals surface area contributed by atoms with Crippen molar-refractivity contribution in [2.75, 3.05) is 7.11 Å². The SMILES string of the molecule is COC(=O)c1ccc(F)c(-c2cc(Cl)cc(Cl)c2)c1. The fraction of sp³-hybridized carbons (Fsp3) is 0.0714. The van der Waals surface area contributed by atoms with E-state index in [4.69, 9.17) is 23.2 Å². The molecule has 0 amide bonds. The Kier molecular flexibility index (Phi) is 4.08. The van der Waals surface area contributed by atoms with E-state index in [-0.39, 0.29) is 11.1 Å². The molecule has 0 N–H and O–H groups in total. The van der Waals surface area contributed by atoms with Crippen LogP contribution in [0.1, 0.15) is 10.4 Å². The van der Waals surface area contributed by atoms with Crippen molar-refractivity contribution in [3.63, 3.8) is 0 Å². The van der Waals surface area contributed by atoms with Crippen molar-refractivity contribution >= 4 is 29.2 Å². The molecule has 98 valence electrons. The van der Waals surface area contributed by atoms with Gasteiger partial charge in [0, 0.05) is 15.6 Å². The number of hydrogen-bond donors (Lipinski definition) is 0. The van der Waals surface area contributed by atoms with Gasteiger partial charge in [0.05, 0.1) is 12.7 Å². The highest BCUT2D eigenvalue weighted by atomic mass is 35.5. The van der Waals surface area contributed by atoms with E-state index in [1.54, 1.807) is 18.2 Å². The predicted octanol–water partition coefficient (Wildman–Crippen LogP) is 4.59. The number of ether oxygens (including phenoxy) is 1. The van der Waals surface area contributed by atoms with Gasteiger partial charge in [-0.25, -0.2) is 9.18 Å². The van der Waals surface area contributed by atoms with Crippen molar-refractivity contribution < 1.29 is 13.9 Å². The van der Waals surface area contributed by atoms with E-state index >= 15 is 0 Å². The van der Waals surface area contributed by atoms with Crippen LogP contribution in [0.5, 0.6) is 0 Å². The topological polar surface area (TPSA) is 26.3 Å². The maximum absolute atomic E-state index is 13.8. The van der Waals surface area contributed by atoms with Crippen LogP contribution in [0.15, 0.2) is 36.4 Å². The number of methoxy groups -OCH3 is 1. The molecule has 2 aromatic carbocycles. The van der Waals surface area contributed by atoms with Crippen molar-refractivity contribution in [3.8, 4) is 11.1 Å². The number of esters is 1. The molecule has 0 bridgehead atoms. The fourth-order valence-corrected chi connectivity index (χ4v) is 2.23. The summed E-state index contributed by atoms with van der Waals surface area (Å²) in [6, 6.07) is 8.67. The highest BCUT2D eigenvalue weighted by Gasteiger charge is 2.12. The quantitative estimate of drug-likeness (QED) is 0.758. The van der Waals surface area contributed by atoms with Gasteiger partial charge in [-0.15, -0.1) is 0 Å². The second kappa shape index (κ2) is 5.59. The second-order valence-electron chi connectivity index (χ2n) is 3.84. The van der Waals surface area contributed by atoms with Crippen LogP contribution in [0.3, 0.4) is 0 Å². The summed E-state index contributed by atoms with van der Waals surface area (Å²) in [5.41, 5.74) is 1.00. The molecule has 0 saturated carbocycles. The number of carbonyl (C=O) groups excluding carboxylic acids is 1. The highest BCUT2D eigenvalue weighted by Crippen LogP contribution is 2.29. The van der Waals surface area contributed by atoms with Crippen LogP contribution in [-0.4, -0.2) is 13.1 Å². The average Bonchev–Trinajstić information content (AvgIpc) is 2.37. The van der Waals surface area contributed by atoms with Crippen LogP contribution in [0.25, 0.3) is 11.1 Å². The molecule has 2 rings (SSSR count). The summed E-state index contributed by atoms with van der Waals surface area (Å²) < 4.78 is 18.4. The summed E-state index contributed by atoms with van der Waals surface area (Å²) >= 11 is 11.8. The van der Waals surface area contributed by atoms with Crippen LogP contribution in [-0.2, 0) is 4.74 Å². The van der Waals surface area contributed by atoms with Crippen molar-refractivity contribution in [3.05, 3.63) is 57.8 Å². The Labute approximate surface area is 119 Å². The highest BCUT2D eigenvalue weighted by molar-refractivity contribution is 6.35. The molecule has 0 aliphatic carbocycles. The Balaban J connectivity index is 2.57. The zero-order valence-corrected chi connectivity index (χ0v) is 11.4. The lowest BCUT2D eigenvalue weighted by atomic mass is 10.0. The number of carbonyl (C=O) groups is 1. The summed E-state index contributed by atoms with van der Waals surface area (Å²) in [5.74, 6) is -1.000. The van der Waals surface area contributed by atoms with Gasteiger partial charge in [-0.05, 0) is 42.0 Å². The van der Waals surface area contributed by atoms with Gasteiger partial charge in [-0.1, -0.05) is 23.2 Å². The predicted molar refractivity (Wildman–Crippen MR) is 73.2 cm³/mol. The molecule has 0 spiro atoms. The molecular weight excluding hydrogens is 290 g/mol. The van der Waals surface area contributed by atoms with Crippen molar-refractivity contribution in [1.82, 2.24) is 0 Å². The first-order chi connectivity index (χ1) is 9.01. The molecule has 0 atom stereocenters. The van der Waals surface area contributed by atoms with Gasteiger partial charge < -0.3 is 4.74 Å². The molecule has 0 aliphatic heterocycles. The average molecular weight is 299 g/mol. The van der Waals surface area contributed by atoms with Gasteiger partial charge in [0.1, 0.15) is 5.82 Å². The third-order valence-corrected chi connectivity index (χ3v) is 3.00. The van der Waals surface area contributed by atoms with Crippen LogP contribution in [0.2, 0.25) is 10.0 Å². The third kappa shape index (κ3) is 3.06. The molecule has 0 saturated heterocycles. The number of benzene rings is 2. The molecule has 0 aliphatic rings. The van der Waals surface area contributed by atoms with Crippen LogP contribution >= 0.6 is 23.2 Å². The van der Waals surface area contributed by atoms with Crippen molar-refractivity contribution in [2.45, 2.75) is 0 Å². The van der Waals surface area contributed by atoms with Crippen LogP contribution in [0.4, 0.5) is 4.39 Å². The van der Waals surface area contributed by atoms with Gasteiger partial charge in [0.15, 0.2) is 0 Å². The Morgan fingerprint density at radius 1 is 1.11 bits per heavy atom. The first-order valence-electron chi connectivity index (χ1n) is 5.35. The van der Waals surface area contributed by atoms with Gasteiger partial charge in [0.2, 0.25) is 0 Å². The molecule has 19 heavy (non-hydrogen) atoms. The van der Waals surface area contributed by atoms with E-state index in [0.717, 1.165) is 0 Å². The smallest absolute Gasteiger partial charge is 0.337 e. The van der Waals surface area contributed by atoms with E-state index in [1.165, 1.54) is 25.3 Å². The normalized spacial score (nSPS) is 10.3. The van der Waals surface area contributed by atoms with E-state index in [9.17, 15) is 9.18 Å². The summed E-state index contributed by atoms with van der Waals surface area (Å²) in [4.78, 5) is 11.4. The first-order valence-corrected chi connectivity index (χ1v) is 6.11. The van der Waals surface area contributed by atoms with Gasteiger partial charge in [-0.2, -0.15) is 0 Å². The molecule has 2 aromatic rings. The minimum Gasteiger partial charge on any atom is -0.465 e. The molecular formula is C14H9Cl2FO2. The molecule has 0 aromatic heterocycles. The Hall–Kier alpha value is -1.58. The summed E-state index contributed by atoms with van der Waals surface area (Å²) in [6.07, 6.45) is 0. The molecule has 0 radical (unpaired) electrons. The number of halogens is 3. The van der Waals surface area contributed by atoms with Gasteiger partial charge in [-0.3, -0.25) is 0 Å². The van der Waals surface area contributed by atoms with Gasteiger partial charge >= 0.3 is 5.97 Å². The minimum atomic E-state index is -0.533. The zero-order valence-electron chi connectivity index (χ0n) is 9.91. The van der Waals surface area contributed by atoms with Crippen molar-refractivity contribution in [1.29, 1.82) is 0 Å². The fourth-order valence-electron chi connectivity index (χ4n) is 1.70.